The Balaban J connectivity index is 2.17. The molecule has 0 atom stereocenters. The van der Waals surface area contributed by atoms with Crippen LogP contribution in [-0.4, -0.2) is 24.5 Å². The van der Waals surface area contributed by atoms with Gasteiger partial charge in [0.1, 0.15) is 5.69 Å². The average molecular weight is 311 g/mol. The maximum Gasteiger partial charge on any atom is 0.176 e. The fraction of sp³-hybridized carbons (Fsp3) is 0.167. The highest BCUT2D eigenvalue weighted by atomic mass is 16.5. The van der Waals surface area contributed by atoms with Crippen molar-refractivity contribution in [2.24, 2.45) is 0 Å². The van der Waals surface area contributed by atoms with Crippen molar-refractivity contribution in [2.45, 2.75) is 6.61 Å². The van der Waals surface area contributed by atoms with Crippen molar-refractivity contribution in [1.29, 1.82) is 0 Å². The number of aliphatic hydroxyl groups is 1. The summed E-state index contributed by atoms with van der Waals surface area (Å²) in [6, 6.07) is 15.1. The Hall–Kier alpha value is -2.79. The van der Waals surface area contributed by atoms with E-state index in [-0.39, 0.29) is 6.61 Å². The summed E-state index contributed by atoms with van der Waals surface area (Å²) in [5.41, 5.74) is 2.80. The summed E-state index contributed by atoms with van der Waals surface area (Å²) in [5, 5.41) is 14.0. The Morgan fingerprint density at radius 2 is 1.78 bits per heavy atom. The molecule has 0 aliphatic rings. The van der Waals surface area contributed by atoms with Gasteiger partial charge in [0, 0.05) is 5.56 Å². The molecule has 1 N–H and O–H groups in total. The molecule has 2 aromatic carbocycles. The molecule has 1 aromatic heterocycles. The second-order valence-electron chi connectivity index (χ2n) is 4.90. The molecule has 0 saturated carbocycles. The molecule has 3 rings (SSSR count). The third-order valence-electron chi connectivity index (χ3n) is 3.64. The van der Waals surface area contributed by atoms with Crippen LogP contribution in [0.1, 0.15) is 5.56 Å². The van der Waals surface area contributed by atoms with E-state index in [1.54, 1.807) is 20.3 Å². The number of aliphatic hydroxyl groups excluding tert-OH is 1. The number of methoxy groups -OCH3 is 2. The van der Waals surface area contributed by atoms with E-state index in [2.05, 4.69) is 5.16 Å². The number of ether oxygens (including phenoxy) is 2. The van der Waals surface area contributed by atoms with Crippen molar-refractivity contribution in [2.75, 3.05) is 14.2 Å². The lowest BCUT2D eigenvalue weighted by Gasteiger charge is -2.11. The van der Waals surface area contributed by atoms with Crippen molar-refractivity contribution >= 4 is 0 Å². The Morgan fingerprint density at radius 1 is 1.00 bits per heavy atom. The van der Waals surface area contributed by atoms with E-state index in [4.69, 9.17) is 14.0 Å². The fourth-order valence-electron chi connectivity index (χ4n) is 2.56. The lowest BCUT2D eigenvalue weighted by atomic mass is 10.0. The van der Waals surface area contributed by atoms with E-state index in [1.807, 2.05) is 42.5 Å². The summed E-state index contributed by atoms with van der Waals surface area (Å²) < 4.78 is 16.3. The first-order chi connectivity index (χ1) is 11.3. The lowest BCUT2D eigenvalue weighted by molar-refractivity contribution is 0.281. The van der Waals surface area contributed by atoms with Gasteiger partial charge in [-0.25, -0.2) is 0 Å². The third-order valence-corrected chi connectivity index (χ3v) is 3.64. The van der Waals surface area contributed by atoms with E-state index in [0.717, 1.165) is 5.56 Å². The average Bonchev–Trinajstić information content (AvgIpc) is 3.05. The van der Waals surface area contributed by atoms with E-state index in [0.29, 0.717) is 34.1 Å². The van der Waals surface area contributed by atoms with Gasteiger partial charge in [0.2, 0.25) is 0 Å². The molecule has 23 heavy (non-hydrogen) atoms. The zero-order valence-corrected chi connectivity index (χ0v) is 12.9. The van der Waals surface area contributed by atoms with Gasteiger partial charge in [-0.2, -0.15) is 0 Å². The van der Waals surface area contributed by atoms with Crippen LogP contribution < -0.4 is 9.47 Å². The molecule has 0 amide bonds. The van der Waals surface area contributed by atoms with Crippen molar-refractivity contribution in [1.82, 2.24) is 5.16 Å². The first-order valence-corrected chi connectivity index (χ1v) is 7.16. The van der Waals surface area contributed by atoms with Crippen LogP contribution in [0.4, 0.5) is 0 Å². The minimum Gasteiger partial charge on any atom is -0.493 e. The number of para-hydroxylation sites is 1. The van der Waals surface area contributed by atoms with Gasteiger partial charge < -0.3 is 19.1 Å². The standard InChI is InChI=1S/C18H17NO4/c1-21-15-10-6-9-13(18(15)22-2)17-14(11-20)16(19-23-17)12-7-4-3-5-8-12/h3-10,20H,11H2,1-2H3. The minimum absolute atomic E-state index is 0.191. The number of hydrogen-bond donors (Lipinski definition) is 1. The van der Waals surface area contributed by atoms with Gasteiger partial charge in [0.15, 0.2) is 17.3 Å². The van der Waals surface area contributed by atoms with Crippen LogP contribution >= 0.6 is 0 Å². The summed E-state index contributed by atoms with van der Waals surface area (Å²) >= 11 is 0. The molecule has 5 nitrogen and oxygen atoms in total. The Morgan fingerprint density at radius 3 is 2.43 bits per heavy atom. The monoisotopic (exact) mass is 311 g/mol. The maximum atomic E-state index is 9.83. The van der Waals surface area contributed by atoms with Crippen LogP contribution in [0, 0.1) is 0 Å². The SMILES string of the molecule is COc1cccc(-c2onc(-c3ccccc3)c2CO)c1OC. The Kier molecular flexibility index (Phi) is 4.30. The van der Waals surface area contributed by atoms with Gasteiger partial charge >= 0.3 is 0 Å². The highest BCUT2D eigenvalue weighted by Gasteiger charge is 2.22. The molecule has 0 saturated heterocycles. The number of benzene rings is 2. The van der Waals surface area contributed by atoms with Gasteiger partial charge in [0.05, 0.1) is 32.0 Å². The van der Waals surface area contributed by atoms with Gasteiger partial charge in [-0.3, -0.25) is 0 Å². The summed E-state index contributed by atoms with van der Waals surface area (Å²) in [7, 11) is 3.14. The molecule has 3 aromatic rings. The zero-order valence-electron chi connectivity index (χ0n) is 12.9. The third kappa shape index (κ3) is 2.66. The lowest BCUT2D eigenvalue weighted by Crippen LogP contribution is -1.95. The van der Waals surface area contributed by atoms with Gasteiger partial charge in [-0.05, 0) is 12.1 Å². The number of aromatic nitrogens is 1. The van der Waals surface area contributed by atoms with Gasteiger partial charge in [-0.1, -0.05) is 41.6 Å². The molecule has 0 spiro atoms. The second kappa shape index (κ2) is 6.54. The number of rotatable bonds is 5. The zero-order chi connectivity index (χ0) is 16.2. The smallest absolute Gasteiger partial charge is 0.176 e. The van der Waals surface area contributed by atoms with Crippen LogP contribution in [-0.2, 0) is 6.61 Å². The summed E-state index contributed by atoms with van der Waals surface area (Å²) in [5.74, 6) is 1.61. The first-order valence-electron chi connectivity index (χ1n) is 7.16. The summed E-state index contributed by atoms with van der Waals surface area (Å²) in [4.78, 5) is 0. The maximum absolute atomic E-state index is 9.83. The largest absolute Gasteiger partial charge is 0.493 e. The van der Waals surface area contributed by atoms with Crippen LogP contribution in [0.15, 0.2) is 53.1 Å². The van der Waals surface area contributed by atoms with Gasteiger partial charge in [-0.15, -0.1) is 0 Å². The molecule has 0 aliphatic carbocycles. The first kappa shape index (κ1) is 15.1. The minimum atomic E-state index is -0.191. The van der Waals surface area contributed by atoms with E-state index >= 15 is 0 Å². The Bertz CT molecular complexity index is 796. The molecular formula is C18H17NO4. The second-order valence-corrected chi connectivity index (χ2v) is 4.90. The molecule has 5 heteroatoms. The summed E-state index contributed by atoms with van der Waals surface area (Å²) in [6.07, 6.45) is 0. The molecule has 1 heterocycles. The molecule has 0 unspecified atom stereocenters. The molecular weight excluding hydrogens is 294 g/mol. The Labute approximate surface area is 134 Å². The van der Waals surface area contributed by atoms with E-state index in [1.165, 1.54) is 0 Å². The normalized spacial score (nSPS) is 10.6. The molecule has 0 bridgehead atoms. The predicted molar refractivity (Wildman–Crippen MR) is 86.4 cm³/mol. The molecule has 0 fully saturated rings. The van der Waals surface area contributed by atoms with Crippen molar-refractivity contribution in [3.8, 4) is 34.1 Å². The predicted octanol–water partition coefficient (Wildman–Crippen LogP) is 3.52. The number of hydrogen-bond acceptors (Lipinski definition) is 5. The number of nitrogens with zero attached hydrogens (tertiary/aromatic N) is 1. The van der Waals surface area contributed by atoms with Crippen LogP contribution in [0.3, 0.4) is 0 Å². The highest BCUT2D eigenvalue weighted by Crippen LogP contribution is 2.41. The van der Waals surface area contributed by atoms with E-state index < -0.39 is 0 Å². The molecule has 0 aliphatic heterocycles. The van der Waals surface area contributed by atoms with Crippen molar-refractivity contribution in [3.63, 3.8) is 0 Å². The fourth-order valence-corrected chi connectivity index (χ4v) is 2.56. The van der Waals surface area contributed by atoms with Crippen LogP contribution in [0.25, 0.3) is 22.6 Å². The van der Waals surface area contributed by atoms with Crippen molar-refractivity contribution in [3.05, 3.63) is 54.1 Å². The topological polar surface area (TPSA) is 64.7 Å². The molecule has 118 valence electrons. The van der Waals surface area contributed by atoms with E-state index in [9.17, 15) is 5.11 Å². The molecule has 0 radical (unpaired) electrons. The van der Waals surface area contributed by atoms with Crippen molar-refractivity contribution < 1.29 is 19.1 Å². The van der Waals surface area contributed by atoms with Crippen LogP contribution in [0.5, 0.6) is 11.5 Å². The van der Waals surface area contributed by atoms with Gasteiger partial charge in [0.25, 0.3) is 0 Å². The summed E-state index contributed by atoms with van der Waals surface area (Å²) in [6.45, 7) is -0.191. The quantitative estimate of drug-likeness (QED) is 0.781. The highest BCUT2D eigenvalue weighted by molar-refractivity contribution is 5.77. The van der Waals surface area contributed by atoms with Crippen LogP contribution in [0.2, 0.25) is 0 Å².